The van der Waals surface area contributed by atoms with Crippen LogP contribution < -0.4 is 12.3 Å². The molecule has 11 heteroatoms. The third-order valence-electron chi connectivity index (χ3n) is 0.172. The van der Waals surface area contributed by atoms with Crippen LogP contribution in [-0.2, 0) is 45.3 Å². The van der Waals surface area contributed by atoms with E-state index in [2.05, 4.69) is 2.84 Å². The first-order chi connectivity index (χ1) is 3.71. The molecule has 0 amide bonds. The second-order valence-corrected chi connectivity index (χ2v) is 4.68. The maximum atomic E-state index is 9.53. The quantitative estimate of drug-likeness (QED) is 0.460. The molecule has 0 aliphatic carbocycles. The normalized spacial score (nSPS) is 11.1. The van der Waals surface area contributed by atoms with E-state index in [0.717, 1.165) is 0 Å². The van der Waals surface area contributed by atoms with Gasteiger partial charge in [-0.25, -0.2) is 0 Å². The van der Waals surface area contributed by atoms with Crippen LogP contribution in [0.25, 0.3) is 0 Å². The Labute approximate surface area is 66.3 Å². The average molecular weight is 252 g/mol. The zero-order chi connectivity index (χ0) is 7.71. The molecule has 0 spiro atoms. The van der Waals surface area contributed by atoms with E-state index in [1.165, 1.54) is 0 Å². The van der Waals surface area contributed by atoms with Crippen LogP contribution in [-0.4, -0.2) is 8.32 Å². The van der Waals surface area contributed by atoms with E-state index in [1.807, 2.05) is 0 Å². The Hall–Kier alpha value is 0.0649. The molecule has 0 aliphatic rings. The molecule has 0 rings (SSSR count). The molecule has 0 aromatic carbocycles. The van der Waals surface area contributed by atoms with E-state index in [0.29, 0.717) is 0 Å². The summed E-state index contributed by atoms with van der Waals surface area (Å²) in [5.74, 6) is 0. The molecule has 0 aromatic heterocycles. The van der Waals surface area contributed by atoms with E-state index < -0.39 is 27.2 Å². The third-order valence-corrected chi connectivity index (χ3v) is 2.92. The van der Waals surface area contributed by atoms with Gasteiger partial charge in [0.05, 0.1) is 0 Å². The van der Waals surface area contributed by atoms with Gasteiger partial charge in [-0.3, -0.25) is 0 Å². The van der Waals surface area contributed by atoms with Gasteiger partial charge in [0.1, 0.15) is 0 Å². The molecule has 0 bridgehead atoms. The Bertz CT molecular complexity index is 240. The van der Waals surface area contributed by atoms with E-state index in [9.17, 15) is 15.2 Å². The van der Waals surface area contributed by atoms with Gasteiger partial charge in [-0.2, -0.15) is 0 Å². The van der Waals surface area contributed by atoms with Gasteiger partial charge in [0.25, 0.3) is 0 Å². The molecule has 0 aliphatic heterocycles. The second-order valence-electron chi connectivity index (χ2n) is 0.924. The van der Waals surface area contributed by atoms with Gasteiger partial charge in [-0.05, 0) is 0 Å². The molecular weight excluding hydrogens is 244 g/mol. The number of hydrogen-bond donors (Lipinski definition) is 4. The molecule has 0 unspecified atom stereocenters. The Morgan fingerprint density at radius 1 is 0.818 bits per heavy atom. The molecule has 0 radical (unpaired) electrons. The van der Waals surface area contributed by atoms with E-state index in [4.69, 9.17) is 8.32 Å². The standard InChI is InChI=1S/2Cr.2H3N.2H2O.5O/h;;2*1H3;2*1H2;;;;;/q2*+1;;;;;;;;;/p-2. The van der Waals surface area contributed by atoms with Gasteiger partial charge in [0.15, 0.2) is 0 Å². The molecule has 0 atom stereocenters. The fourth-order valence-corrected chi connectivity index (χ4v) is 1.85. The van der Waals surface area contributed by atoms with Crippen LogP contribution in [0.2, 0.25) is 0 Å². The SMILES string of the molecule is N.N.[O]=[Cr](=[O])([OH])[O][Cr](=[O])(=[O])[OH]. The van der Waals surface area contributed by atoms with Crippen LogP contribution in [0.1, 0.15) is 0 Å². The zero-order valence-corrected chi connectivity index (χ0v) is 7.72. The minimum atomic E-state index is -5.76. The Balaban J connectivity index is -0.000000320. The Kier molecular flexibility index (Phi) is 7.59. The van der Waals surface area contributed by atoms with Crippen molar-refractivity contribution < 1.29 is 53.6 Å². The van der Waals surface area contributed by atoms with Crippen LogP contribution in [0.5, 0.6) is 0 Å². The van der Waals surface area contributed by atoms with Crippen LogP contribution in [0.3, 0.4) is 0 Å². The summed E-state index contributed by atoms with van der Waals surface area (Å²) in [6.45, 7) is 0. The summed E-state index contributed by atoms with van der Waals surface area (Å²) in [5.41, 5.74) is 0. The molecule has 0 saturated heterocycles. The van der Waals surface area contributed by atoms with Crippen molar-refractivity contribution in [2.75, 3.05) is 0 Å². The molecule has 0 saturated carbocycles. The summed E-state index contributed by atoms with van der Waals surface area (Å²) >= 11 is -11.5. The van der Waals surface area contributed by atoms with Crippen molar-refractivity contribution in [3.63, 3.8) is 0 Å². The van der Waals surface area contributed by atoms with Crippen molar-refractivity contribution in [2.45, 2.75) is 0 Å². The van der Waals surface area contributed by atoms with Gasteiger partial charge < -0.3 is 12.3 Å². The van der Waals surface area contributed by atoms with Crippen molar-refractivity contribution in [1.82, 2.24) is 12.3 Å². The van der Waals surface area contributed by atoms with Crippen LogP contribution in [0, 0.1) is 0 Å². The van der Waals surface area contributed by atoms with Crippen molar-refractivity contribution in [3.05, 3.63) is 0 Å². The monoisotopic (exact) mass is 252 g/mol. The van der Waals surface area contributed by atoms with Crippen molar-refractivity contribution >= 4 is 0 Å². The third kappa shape index (κ3) is 17.8. The summed E-state index contributed by atoms with van der Waals surface area (Å²) in [7, 11) is 0. The molecule has 11 heavy (non-hydrogen) atoms. The fraction of sp³-hybridized carbons (Fsp3) is 0. The van der Waals surface area contributed by atoms with E-state index in [1.54, 1.807) is 0 Å². The van der Waals surface area contributed by atoms with E-state index >= 15 is 0 Å². The van der Waals surface area contributed by atoms with E-state index in [-0.39, 0.29) is 12.3 Å². The fourth-order valence-electron chi connectivity index (χ4n) is 0.109. The van der Waals surface area contributed by atoms with Crippen LogP contribution >= 0.6 is 0 Å². The average Bonchev–Trinajstić information content (AvgIpc) is 1.14. The molecule has 72 valence electrons. The first-order valence-electron chi connectivity index (χ1n) is 1.37. The maximum absolute atomic E-state index is 9.53. The minimum absolute atomic E-state index is 0. The van der Waals surface area contributed by atoms with Crippen molar-refractivity contribution in [1.29, 1.82) is 0 Å². The molecule has 0 heterocycles. The summed E-state index contributed by atoms with van der Waals surface area (Å²) in [4.78, 5) is 0. The predicted octanol–water partition coefficient (Wildman–Crippen LogP) is -1.34. The van der Waals surface area contributed by atoms with Crippen molar-refractivity contribution in [2.24, 2.45) is 0 Å². The summed E-state index contributed by atoms with van der Waals surface area (Å²) in [6, 6.07) is 0. The first-order valence-corrected chi connectivity index (χ1v) is 5.63. The molecule has 9 nitrogen and oxygen atoms in total. The molecular formula is H8Cr2N2O7. The van der Waals surface area contributed by atoms with Crippen LogP contribution in [0.4, 0.5) is 0 Å². The summed E-state index contributed by atoms with van der Waals surface area (Å²) in [5, 5.41) is 0. The summed E-state index contributed by atoms with van der Waals surface area (Å²) < 4.78 is 56.3. The zero-order valence-electron chi connectivity index (χ0n) is 5.17. The predicted molar refractivity (Wildman–Crippen MR) is 18.3 cm³/mol. The second kappa shape index (κ2) is 4.85. The summed E-state index contributed by atoms with van der Waals surface area (Å²) in [6.07, 6.45) is 0. The van der Waals surface area contributed by atoms with Gasteiger partial charge in [0, 0.05) is 0 Å². The number of rotatable bonds is 2. The van der Waals surface area contributed by atoms with Gasteiger partial charge in [0.2, 0.25) is 0 Å². The van der Waals surface area contributed by atoms with Gasteiger partial charge >= 0.3 is 53.6 Å². The van der Waals surface area contributed by atoms with Crippen molar-refractivity contribution in [3.8, 4) is 0 Å². The Morgan fingerprint density at radius 2 is 1.00 bits per heavy atom. The van der Waals surface area contributed by atoms with Gasteiger partial charge in [-0.15, -0.1) is 0 Å². The first kappa shape index (κ1) is 17.2. The topological polar surface area (TPSA) is 188 Å². The Morgan fingerprint density at radius 3 is 1.00 bits per heavy atom. The number of hydrogen-bond acceptors (Lipinski definition) is 7. The molecule has 0 fully saturated rings. The van der Waals surface area contributed by atoms with Crippen LogP contribution in [0.15, 0.2) is 0 Å². The molecule has 0 aromatic rings. The van der Waals surface area contributed by atoms with Gasteiger partial charge in [-0.1, -0.05) is 0 Å². The molecule has 8 N–H and O–H groups in total.